The van der Waals surface area contributed by atoms with Crippen molar-refractivity contribution in [3.8, 4) is 0 Å². The Morgan fingerprint density at radius 1 is 0.900 bits per heavy atom. The van der Waals surface area contributed by atoms with Crippen molar-refractivity contribution < 1.29 is 18.0 Å². The highest BCUT2D eigenvalue weighted by Crippen LogP contribution is 2.22. The van der Waals surface area contributed by atoms with Gasteiger partial charge in [-0.25, -0.2) is 8.42 Å². The maximum atomic E-state index is 13.9. The number of aryl methyl sites for hydroxylation is 2. The molecule has 0 heterocycles. The largest absolute Gasteiger partial charge is 0.352 e. The molecule has 0 aliphatic rings. The highest BCUT2D eigenvalue weighted by atomic mass is 32.2. The van der Waals surface area contributed by atoms with Crippen molar-refractivity contribution in [1.82, 2.24) is 10.2 Å². The molecule has 2 amide bonds. The quantitative estimate of drug-likeness (QED) is 0.317. The van der Waals surface area contributed by atoms with E-state index in [1.165, 1.54) is 10.6 Å². The standard InChI is InChI=1S/C32H41N3O4S/c1-24(2)33-32(37)30(22-27-15-7-6-8-16-27)34(23-28-17-10-9-14-26(28)4)31(36)19-12-20-35(40(5,38)39)29-18-11-13-25(3)21-29/h6-11,13-18,21,24,30H,12,19-20,22-23H2,1-5H3,(H,33,37). The predicted octanol–water partition coefficient (Wildman–Crippen LogP) is 5.01. The maximum absolute atomic E-state index is 13.9. The molecule has 0 aliphatic carbocycles. The SMILES string of the molecule is Cc1cccc(N(CCCC(=O)N(Cc2ccccc2C)C(Cc2ccccc2)C(=O)NC(C)C)S(C)(=O)=O)c1. The summed E-state index contributed by atoms with van der Waals surface area (Å²) >= 11 is 0. The third kappa shape index (κ3) is 8.95. The fourth-order valence-corrected chi connectivity index (χ4v) is 5.65. The summed E-state index contributed by atoms with van der Waals surface area (Å²) in [5.41, 5.74) is 4.47. The van der Waals surface area contributed by atoms with Gasteiger partial charge >= 0.3 is 0 Å². The van der Waals surface area contributed by atoms with Crippen molar-refractivity contribution in [3.63, 3.8) is 0 Å². The molecule has 0 aromatic heterocycles. The molecule has 7 nitrogen and oxygen atoms in total. The van der Waals surface area contributed by atoms with Crippen molar-refractivity contribution in [2.24, 2.45) is 0 Å². The van der Waals surface area contributed by atoms with Gasteiger partial charge in [-0.1, -0.05) is 66.7 Å². The molecule has 0 radical (unpaired) electrons. The number of carbonyl (C=O) groups excluding carboxylic acids is 2. The molecule has 0 spiro atoms. The van der Waals surface area contributed by atoms with Crippen LogP contribution in [-0.2, 0) is 32.6 Å². The molecule has 1 N–H and O–H groups in total. The molecule has 0 aliphatic heterocycles. The summed E-state index contributed by atoms with van der Waals surface area (Å²) < 4.78 is 26.6. The van der Waals surface area contributed by atoms with E-state index >= 15 is 0 Å². The van der Waals surface area contributed by atoms with E-state index < -0.39 is 16.1 Å². The van der Waals surface area contributed by atoms with Gasteiger partial charge in [-0.3, -0.25) is 13.9 Å². The molecule has 3 aromatic carbocycles. The summed E-state index contributed by atoms with van der Waals surface area (Å²) in [5, 5.41) is 3.00. The number of sulfonamides is 1. The van der Waals surface area contributed by atoms with Crippen molar-refractivity contribution in [1.29, 1.82) is 0 Å². The van der Waals surface area contributed by atoms with E-state index in [0.29, 0.717) is 18.5 Å². The van der Waals surface area contributed by atoms with Crippen LogP contribution in [0.3, 0.4) is 0 Å². The van der Waals surface area contributed by atoms with Gasteiger partial charge in [-0.05, 0) is 68.5 Å². The minimum absolute atomic E-state index is 0.0844. The summed E-state index contributed by atoms with van der Waals surface area (Å²) in [7, 11) is -3.55. The summed E-state index contributed by atoms with van der Waals surface area (Å²) in [6.45, 7) is 8.14. The summed E-state index contributed by atoms with van der Waals surface area (Å²) in [6, 6.07) is 24.0. The third-order valence-electron chi connectivity index (χ3n) is 6.75. The van der Waals surface area contributed by atoms with Gasteiger partial charge in [0.1, 0.15) is 6.04 Å². The molecular weight excluding hydrogens is 522 g/mol. The molecule has 0 saturated heterocycles. The van der Waals surface area contributed by atoms with Crippen LogP contribution in [0.2, 0.25) is 0 Å². The van der Waals surface area contributed by atoms with Crippen LogP contribution in [-0.4, -0.2) is 50.0 Å². The van der Waals surface area contributed by atoms with Crippen LogP contribution in [0.1, 0.15) is 48.9 Å². The zero-order chi connectivity index (χ0) is 29.3. The lowest BCUT2D eigenvalue weighted by Gasteiger charge is -2.33. The summed E-state index contributed by atoms with van der Waals surface area (Å²) in [5.74, 6) is -0.404. The molecule has 0 fully saturated rings. The number of benzene rings is 3. The van der Waals surface area contributed by atoms with Gasteiger partial charge < -0.3 is 10.2 Å². The summed E-state index contributed by atoms with van der Waals surface area (Å²) in [6.07, 6.45) is 1.96. The molecule has 8 heteroatoms. The second-order valence-corrected chi connectivity index (χ2v) is 12.5. The lowest BCUT2D eigenvalue weighted by Crippen LogP contribution is -2.52. The molecule has 3 rings (SSSR count). The van der Waals surface area contributed by atoms with E-state index in [-0.39, 0.29) is 37.4 Å². The fourth-order valence-electron chi connectivity index (χ4n) is 4.69. The Hall–Kier alpha value is -3.65. The van der Waals surface area contributed by atoms with Crippen LogP contribution < -0.4 is 9.62 Å². The average Bonchev–Trinajstić information content (AvgIpc) is 2.89. The first-order valence-electron chi connectivity index (χ1n) is 13.7. The van der Waals surface area contributed by atoms with Gasteiger partial charge in [0.25, 0.3) is 0 Å². The number of rotatable bonds is 13. The molecule has 0 saturated carbocycles. The number of amides is 2. The molecule has 1 atom stereocenters. The second-order valence-electron chi connectivity index (χ2n) is 10.6. The Labute approximate surface area is 239 Å². The lowest BCUT2D eigenvalue weighted by molar-refractivity contribution is -0.141. The zero-order valence-electron chi connectivity index (χ0n) is 24.1. The predicted molar refractivity (Wildman–Crippen MR) is 162 cm³/mol. The van der Waals surface area contributed by atoms with Crippen molar-refractivity contribution in [3.05, 3.63) is 101 Å². The first-order chi connectivity index (χ1) is 19.0. The Balaban J connectivity index is 1.89. The van der Waals surface area contributed by atoms with Gasteiger partial charge in [-0.15, -0.1) is 0 Å². The molecular formula is C32H41N3O4S. The fraction of sp³-hybridized carbons (Fsp3) is 0.375. The Morgan fingerprint density at radius 3 is 2.20 bits per heavy atom. The number of nitrogens with one attached hydrogen (secondary N) is 1. The third-order valence-corrected chi connectivity index (χ3v) is 7.94. The van der Waals surface area contributed by atoms with Gasteiger partial charge in [0, 0.05) is 32.0 Å². The van der Waals surface area contributed by atoms with Gasteiger partial charge in [-0.2, -0.15) is 0 Å². The van der Waals surface area contributed by atoms with Crippen molar-refractivity contribution in [2.45, 2.75) is 65.6 Å². The zero-order valence-corrected chi connectivity index (χ0v) is 24.9. The number of carbonyl (C=O) groups is 2. The van der Waals surface area contributed by atoms with Crippen LogP contribution >= 0.6 is 0 Å². The first kappa shape index (κ1) is 30.9. The van der Waals surface area contributed by atoms with E-state index in [4.69, 9.17) is 0 Å². The minimum Gasteiger partial charge on any atom is -0.352 e. The van der Waals surface area contributed by atoms with E-state index in [1.54, 1.807) is 11.0 Å². The minimum atomic E-state index is -3.55. The van der Waals surface area contributed by atoms with Gasteiger partial charge in [0.15, 0.2) is 0 Å². The smallest absolute Gasteiger partial charge is 0.243 e. The van der Waals surface area contributed by atoms with Crippen molar-refractivity contribution >= 4 is 27.5 Å². The highest BCUT2D eigenvalue weighted by molar-refractivity contribution is 7.92. The van der Waals surface area contributed by atoms with Crippen LogP contribution in [0.5, 0.6) is 0 Å². The summed E-state index contributed by atoms with van der Waals surface area (Å²) in [4.78, 5) is 29.1. The molecule has 40 heavy (non-hydrogen) atoms. The Morgan fingerprint density at radius 2 is 1.57 bits per heavy atom. The van der Waals surface area contributed by atoms with Crippen LogP contribution in [0.15, 0.2) is 78.9 Å². The monoisotopic (exact) mass is 563 g/mol. The van der Waals surface area contributed by atoms with E-state index in [2.05, 4.69) is 5.32 Å². The molecule has 0 bridgehead atoms. The molecule has 3 aromatic rings. The molecule has 214 valence electrons. The number of anilines is 1. The number of nitrogens with zero attached hydrogens (tertiary/aromatic N) is 2. The Kier molecular flexibility index (Phi) is 10.9. The Bertz CT molecular complexity index is 1390. The van der Waals surface area contributed by atoms with E-state index in [1.807, 2.05) is 100 Å². The molecule has 1 unspecified atom stereocenters. The lowest BCUT2D eigenvalue weighted by atomic mass is 10.0. The van der Waals surface area contributed by atoms with Crippen LogP contribution in [0, 0.1) is 13.8 Å². The van der Waals surface area contributed by atoms with E-state index in [9.17, 15) is 18.0 Å². The van der Waals surface area contributed by atoms with Crippen LogP contribution in [0.4, 0.5) is 5.69 Å². The highest BCUT2D eigenvalue weighted by Gasteiger charge is 2.31. The first-order valence-corrected chi connectivity index (χ1v) is 15.5. The van der Waals surface area contributed by atoms with Gasteiger partial charge in [0.2, 0.25) is 21.8 Å². The maximum Gasteiger partial charge on any atom is 0.243 e. The normalized spacial score (nSPS) is 12.2. The van der Waals surface area contributed by atoms with Crippen molar-refractivity contribution in [2.75, 3.05) is 17.1 Å². The number of hydrogen-bond donors (Lipinski definition) is 1. The van der Waals surface area contributed by atoms with Gasteiger partial charge in [0.05, 0.1) is 11.9 Å². The second kappa shape index (κ2) is 14.1. The topological polar surface area (TPSA) is 86.8 Å². The van der Waals surface area contributed by atoms with E-state index in [0.717, 1.165) is 22.3 Å². The van der Waals surface area contributed by atoms with Crippen LogP contribution in [0.25, 0.3) is 0 Å². The number of hydrogen-bond acceptors (Lipinski definition) is 4. The average molecular weight is 564 g/mol.